The molecule has 2 aliphatic heterocycles. The number of carbonyl (C=O) groups is 1. The number of benzene rings is 1. The van der Waals surface area contributed by atoms with Gasteiger partial charge < -0.3 is 19.8 Å². The second-order valence-electron chi connectivity index (χ2n) is 10.8. The first kappa shape index (κ1) is 29.8. The summed E-state index contributed by atoms with van der Waals surface area (Å²) in [6.07, 6.45) is -0.942. The van der Waals surface area contributed by atoms with E-state index in [2.05, 4.69) is 16.8 Å². The third kappa shape index (κ3) is 6.38. The molecule has 4 heterocycles. The molecule has 5 rings (SSSR count). The Kier molecular flexibility index (Phi) is 8.45. The summed E-state index contributed by atoms with van der Waals surface area (Å²) in [5.74, 6) is -0.839. The largest absolute Gasteiger partial charge is 0.481 e. The molecule has 8 nitrogen and oxygen atoms in total. The summed E-state index contributed by atoms with van der Waals surface area (Å²) >= 11 is 6.08. The summed E-state index contributed by atoms with van der Waals surface area (Å²) in [5.41, 5.74) is 0.224. The standard InChI is InChI=1S/C29H31ClF4N6O2/c1-17-5-3-4-8-40(17)28-36-24(20-6-7-23(31)22(30)13-20)14-25(37-28)39-10-9-38(16-18(39)2)27-21(29(32,33)34)11-19(15-35-27)12-26(41)42/h6-7,11,13-15,17-18H,3-5,8-10,12,16H2,1-2H3,(H,41,42)/t17-,18+/m0/s1. The van der Waals surface area contributed by atoms with Crippen molar-refractivity contribution in [1.82, 2.24) is 15.0 Å². The number of hydrogen-bond donors (Lipinski definition) is 1. The molecule has 2 saturated heterocycles. The van der Waals surface area contributed by atoms with Gasteiger partial charge in [-0.2, -0.15) is 18.2 Å². The van der Waals surface area contributed by atoms with E-state index in [4.69, 9.17) is 26.7 Å². The van der Waals surface area contributed by atoms with Crippen LogP contribution >= 0.6 is 11.6 Å². The van der Waals surface area contributed by atoms with Crippen molar-refractivity contribution in [2.45, 2.75) is 57.8 Å². The predicted octanol–water partition coefficient (Wildman–Crippen LogP) is 6.07. The van der Waals surface area contributed by atoms with E-state index < -0.39 is 29.9 Å². The van der Waals surface area contributed by atoms with Crippen molar-refractivity contribution >= 4 is 35.2 Å². The number of pyridine rings is 1. The van der Waals surface area contributed by atoms with Crippen LogP contribution in [0, 0.1) is 5.82 Å². The van der Waals surface area contributed by atoms with Crippen LogP contribution in [-0.2, 0) is 17.4 Å². The van der Waals surface area contributed by atoms with E-state index in [0.29, 0.717) is 29.6 Å². The number of anilines is 3. The van der Waals surface area contributed by atoms with Gasteiger partial charge in [0.25, 0.3) is 0 Å². The summed E-state index contributed by atoms with van der Waals surface area (Å²) in [7, 11) is 0. The predicted molar refractivity (Wildman–Crippen MR) is 153 cm³/mol. The van der Waals surface area contributed by atoms with Gasteiger partial charge >= 0.3 is 12.1 Å². The molecule has 2 aliphatic rings. The molecule has 0 amide bonds. The maximum absolute atomic E-state index is 14.0. The molecule has 0 spiro atoms. The zero-order valence-corrected chi connectivity index (χ0v) is 24.0. The Morgan fingerprint density at radius 3 is 2.50 bits per heavy atom. The lowest BCUT2D eigenvalue weighted by atomic mass is 10.0. The lowest BCUT2D eigenvalue weighted by Crippen LogP contribution is -2.53. The van der Waals surface area contributed by atoms with Crippen LogP contribution in [0.5, 0.6) is 0 Å². The van der Waals surface area contributed by atoms with Crippen molar-refractivity contribution in [2.24, 2.45) is 0 Å². The minimum absolute atomic E-state index is 0.0147. The fraction of sp³-hybridized carbons (Fsp3) is 0.448. The Bertz CT molecular complexity index is 1470. The first-order valence-corrected chi connectivity index (χ1v) is 14.2. The zero-order chi connectivity index (χ0) is 30.2. The minimum Gasteiger partial charge on any atom is -0.481 e. The van der Waals surface area contributed by atoms with Crippen molar-refractivity contribution in [3.8, 4) is 11.3 Å². The minimum atomic E-state index is -4.70. The summed E-state index contributed by atoms with van der Waals surface area (Å²) in [6, 6.07) is 7.05. The van der Waals surface area contributed by atoms with Gasteiger partial charge in [-0.05, 0) is 62.9 Å². The molecule has 42 heavy (non-hydrogen) atoms. The molecule has 0 unspecified atom stereocenters. The van der Waals surface area contributed by atoms with Gasteiger partial charge in [-0.1, -0.05) is 11.6 Å². The van der Waals surface area contributed by atoms with E-state index in [1.165, 1.54) is 18.3 Å². The van der Waals surface area contributed by atoms with E-state index in [1.807, 2.05) is 11.8 Å². The fourth-order valence-electron chi connectivity index (χ4n) is 5.62. The Hall–Kier alpha value is -3.67. The van der Waals surface area contributed by atoms with E-state index >= 15 is 0 Å². The van der Waals surface area contributed by atoms with Gasteiger partial charge in [0.05, 0.1) is 22.7 Å². The van der Waals surface area contributed by atoms with E-state index in [0.717, 1.165) is 31.9 Å². The third-order valence-corrected chi connectivity index (χ3v) is 8.07. The Labute approximate surface area is 246 Å². The second-order valence-corrected chi connectivity index (χ2v) is 11.3. The lowest BCUT2D eigenvalue weighted by molar-refractivity contribution is -0.138. The third-order valence-electron chi connectivity index (χ3n) is 7.78. The van der Waals surface area contributed by atoms with Crippen LogP contribution < -0.4 is 14.7 Å². The van der Waals surface area contributed by atoms with Gasteiger partial charge in [0.2, 0.25) is 5.95 Å². The molecule has 13 heteroatoms. The second kappa shape index (κ2) is 11.9. The van der Waals surface area contributed by atoms with Crippen LogP contribution in [0.15, 0.2) is 36.5 Å². The topological polar surface area (TPSA) is 85.7 Å². The number of carboxylic acids is 1. The highest BCUT2D eigenvalue weighted by Gasteiger charge is 2.38. The van der Waals surface area contributed by atoms with E-state index in [1.54, 1.807) is 17.0 Å². The Morgan fingerprint density at radius 2 is 1.83 bits per heavy atom. The average Bonchev–Trinajstić information content (AvgIpc) is 2.93. The number of nitrogens with zero attached hydrogens (tertiary/aromatic N) is 6. The summed E-state index contributed by atoms with van der Waals surface area (Å²) in [5, 5.41) is 9.00. The number of carboxylic acid groups (broad SMARTS) is 1. The van der Waals surface area contributed by atoms with Crippen LogP contribution in [0.25, 0.3) is 11.3 Å². The smallest absolute Gasteiger partial charge is 0.419 e. The molecule has 224 valence electrons. The number of piperazine rings is 1. The number of aromatic nitrogens is 3. The highest BCUT2D eigenvalue weighted by atomic mass is 35.5. The fourth-order valence-corrected chi connectivity index (χ4v) is 5.80. The molecule has 1 aromatic carbocycles. The number of piperidine rings is 1. The maximum atomic E-state index is 14.0. The number of rotatable bonds is 6. The monoisotopic (exact) mass is 606 g/mol. The van der Waals surface area contributed by atoms with E-state index in [9.17, 15) is 22.4 Å². The van der Waals surface area contributed by atoms with Gasteiger partial charge in [0, 0.05) is 56.1 Å². The molecule has 0 saturated carbocycles. The molecular weight excluding hydrogens is 576 g/mol. The van der Waals surface area contributed by atoms with Gasteiger partial charge in [-0.25, -0.2) is 14.4 Å². The lowest BCUT2D eigenvalue weighted by Gasteiger charge is -2.42. The highest BCUT2D eigenvalue weighted by molar-refractivity contribution is 6.31. The normalized spacial score (nSPS) is 19.7. The van der Waals surface area contributed by atoms with Gasteiger partial charge in [-0.15, -0.1) is 0 Å². The van der Waals surface area contributed by atoms with Crippen molar-refractivity contribution in [3.63, 3.8) is 0 Å². The first-order valence-electron chi connectivity index (χ1n) is 13.8. The number of aliphatic carboxylic acids is 1. The number of halogens is 5. The SMILES string of the molecule is C[C@@H]1CN(c2ncc(CC(=O)O)cc2C(F)(F)F)CCN1c1cc(-c2ccc(F)c(Cl)c2)nc(N2CCCC[C@@H]2C)n1. The molecular formula is C29H31ClF4N6O2. The molecule has 2 atom stereocenters. The van der Waals surface area contributed by atoms with E-state index in [-0.39, 0.29) is 41.6 Å². The number of hydrogen-bond acceptors (Lipinski definition) is 7. The molecule has 2 aromatic heterocycles. The van der Waals surface area contributed by atoms with Crippen LogP contribution in [-0.4, -0.2) is 64.3 Å². The maximum Gasteiger partial charge on any atom is 0.419 e. The number of alkyl halides is 3. The quantitative estimate of drug-likeness (QED) is 0.339. The van der Waals surface area contributed by atoms with Crippen LogP contribution in [0.4, 0.5) is 35.1 Å². The van der Waals surface area contributed by atoms with Gasteiger partial charge in [0.1, 0.15) is 17.5 Å². The summed E-state index contributed by atoms with van der Waals surface area (Å²) in [6.45, 7) is 5.63. The van der Waals surface area contributed by atoms with Crippen molar-refractivity contribution in [2.75, 3.05) is 40.9 Å². The van der Waals surface area contributed by atoms with Crippen molar-refractivity contribution in [3.05, 3.63) is 58.5 Å². The highest BCUT2D eigenvalue weighted by Crippen LogP contribution is 2.38. The van der Waals surface area contributed by atoms with Crippen molar-refractivity contribution in [1.29, 1.82) is 0 Å². The van der Waals surface area contributed by atoms with Crippen LogP contribution in [0.3, 0.4) is 0 Å². The first-order chi connectivity index (χ1) is 19.9. The molecule has 0 radical (unpaired) electrons. The molecule has 0 bridgehead atoms. The Morgan fingerprint density at radius 1 is 1.05 bits per heavy atom. The molecule has 0 aliphatic carbocycles. The zero-order valence-electron chi connectivity index (χ0n) is 23.2. The molecule has 1 N–H and O–H groups in total. The molecule has 2 fully saturated rings. The average molecular weight is 607 g/mol. The van der Waals surface area contributed by atoms with Crippen LogP contribution in [0.1, 0.15) is 44.2 Å². The summed E-state index contributed by atoms with van der Waals surface area (Å²) in [4.78, 5) is 30.6. The van der Waals surface area contributed by atoms with Crippen LogP contribution in [0.2, 0.25) is 5.02 Å². The molecule has 3 aromatic rings. The van der Waals surface area contributed by atoms with Gasteiger partial charge in [0.15, 0.2) is 0 Å². The Balaban J connectivity index is 1.47. The van der Waals surface area contributed by atoms with Gasteiger partial charge in [-0.3, -0.25) is 4.79 Å². The summed E-state index contributed by atoms with van der Waals surface area (Å²) < 4.78 is 55.9. The van der Waals surface area contributed by atoms with Crippen molar-refractivity contribution < 1.29 is 27.5 Å².